The van der Waals surface area contributed by atoms with Gasteiger partial charge in [-0.2, -0.15) is 5.10 Å². The maximum absolute atomic E-state index is 13.1. The number of benzene rings is 1. The van der Waals surface area contributed by atoms with E-state index in [-0.39, 0.29) is 18.4 Å². The van der Waals surface area contributed by atoms with Crippen LogP contribution in [0.2, 0.25) is 0 Å². The fraction of sp³-hybridized carbons (Fsp3) is 0.304. The summed E-state index contributed by atoms with van der Waals surface area (Å²) in [5.41, 5.74) is 7.22. The predicted octanol–water partition coefficient (Wildman–Crippen LogP) is 2.27. The molecule has 1 saturated heterocycles. The van der Waals surface area contributed by atoms with E-state index in [9.17, 15) is 9.59 Å². The standard InChI is InChI=1S/C23H25N5O4/c24-22(29)15-32-21-6-2-1-5-18(21)23(30)28-11-3-4-16(13-28)14-31-17-7-8-19(25-12-17)20-9-10-26-27-20/h1-2,5-10,12,16H,3-4,11,13-15H2,(H2,24,29)(H,26,27)/t16-/m1/s1. The lowest BCUT2D eigenvalue weighted by molar-refractivity contribution is -0.119. The first-order chi connectivity index (χ1) is 15.6. The Morgan fingerprint density at radius 2 is 2.03 bits per heavy atom. The van der Waals surface area contributed by atoms with Crippen molar-refractivity contribution in [3.63, 3.8) is 0 Å². The van der Waals surface area contributed by atoms with Crippen molar-refractivity contribution in [2.75, 3.05) is 26.3 Å². The van der Waals surface area contributed by atoms with Crippen molar-refractivity contribution in [2.45, 2.75) is 12.8 Å². The smallest absolute Gasteiger partial charge is 0.257 e. The molecule has 0 saturated carbocycles. The molecule has 0 radical (unpaired) electrons. The van der Waals surface area contributed by atoms with Crippen molar-refractivity contribution in [3.8, 4) is 22.9 Å². The number of nitrogens with zero attached hydrogens (tertiary/aromatic N) is 3. The SMILES string of the molecule is NC(=O)COc1ccccc1C(=O)N1CCC[C@@H](COc2ccc(-c3ccn[nH]3)nc2)C1. The second kappa shape index (κ2) is 9.95. The summed E-state index contributed by atoms with van der Waals surface area (Å²) in [6.45, 7) is 1.48. The van der Waals surface area contributed by atoms with Crippen LogP contribution < -0.4 is 15.2 Å². The van der Waals surface area contributed by atoms with Crippen LogP contribution in [-0.4, -0.2) is 58.2 Å². The van der Waals surface area contributed by atoms with Crippen LogP contribution in [-0.2, 0) is 4.79 Å². The van der Waals surface area contributed by atoms with Gasteiger partial charge in [-0.05, 0) is 43.2 Å². The minimum Gasteiger partial charge on any atom is -0.492 e. The number of piperidine rings is 1. The van der Waals surface area contributed by atoms with E-state index in [1.165, 1.54) is 0 Å². The number of pyridine rings is 1. The number of likely N-dealkylation sites (tertiary alicyclic amines) is 1. The highest BCUT2D eigenvalue weighted by atomic mass is 16.5. The molecule has 3 N–H and O–H groups in total. The molecule has 9 nitrogen and oxygen atoms in total. The van der Waals surface area contributed by atoms with Gasteiger partial charge in [0.15, 0.2) is 6.61 Å². The molecule has 0 unspecified atom stereocenters. The van der Waals surface area contributed by atoms with Crippen molar-refractivity contribution in [1.82, 2.24) is 20.1 Å². The number of para-hydroxylation sites is 1. The van der Waals surface area contributed by atoms with Gasteiger partial charge in [-0.15, -0.1) is 0 Å². The first-order valence-corrected chi connectivity index (χ1v) is 10.5. The van der Waals surface area contributed by atoms with Crippen LogP contribution in [0.3, 0.4) is 0 Å². The zero-order valence-electron chi connectivity index (χ0n) is 17.6. The summed E-state index contributed by atoms with van der Waals surface area (Å²) in [7, 11) is 0. The highest BCUT2D eigenvalue weighted by Crippen LogP contribution is 2.25. The largest absolute Gasteiger partial charge is 0.492 e. The number of nitrogens with two attached hydrogens (primary N) is 1. The number of H-pyrrole nitrogens is 1. The summed E-state index contributed by atoms with van der Waals surface area (Å²) in [6, 6.07) is 12.5. The molecule has 1 aliphatic heterocycles. The number of hydrogen-bond donors (Lipinski definition) is 2. The second-order valence-electron chi connectivity index (χ2n) is 7.67. The van der Waals surface area contributed by atoms with E-state index in [2.05, 4.69) is 15.2 Å². The van der Waals surface area contributed by atoms with E-state index >= 15 is 0 Å². The third-order valence-electron chi connectivity index (χ3n) is 5.29. The molecule has 0 bridgehead atoms. The van der Waals surface area contributed by atoms with Crippen LogP contribution in [0.1, 0.15) is 23.2 Å². The number of primary amides is 1. The Hall–Kier alpha value is -3.88. The van der Waals surface area contributed by atoms with Gasteiger partial charge >= 0.3 is 0 Å². The minimum absolute atomic E-state index is 0.125. The van der Waals surface area contributed by atoms with E-state index in [1.54, 1.807) is 36.7 Å². The van der Waals surface area contributed by atoms with Gasteiger partial charge in [-0.25, -0.2) is 0 Å². The normalized spacial score (nSPS) is 15.9. The molecule has 0 aliphatic carbocycles. The summed E-state index contributed by atoms with van der Waals surface area (Å²) in [6.07, 6.45) is 5.23. The lowest BCUT2D eigenvalue weighted by atomic mass is 9.98. The molecule has 2 aromatic heterocycles. The zero-order chi connectivity index (χ0) is 22.3. The minimum atomic E-state index is -0.588. The molecule has 3 aromatic rings. The second-order valence-corrected chi connectivity index (χ2v) is 7.67. The Kier molecular flexibility index (Phi) is 6.64. The number of hydrogen-bond acceptors (Lipinski definition) is 6. The van der Waals surface area contributed by atoms with Gasteiger partial charge in [0.05, 0.1) is 29.8 Å². The van der Waals surface area contributed by atoms with Gasteiger partial charge in [0.1, 0.15) is 11.5 Å². The van der Waals surface area contributed by atoms with Crippen molar-refractivity contribution in [1.29, 1.82) is 0 Å². The van der Waals surface area contributed by atoms with Crippen LogP contribution >= 0.6 is 0 Å². The maximum atomic E-state index is 13.1. The number of carbonyl (C=O) groups excluding carboxylic acids is 2. The molecule has 1 aromatic carbocycles. The highest BCUT2D eigenvalue weighted by Gasteiger charge is 2.26. The summed E-state index contributed by atoms with van der Waals surface area (Å²) in [5, 5.41) is 6.81. The van der Waals surface area contributed by atoms with Gasteiger partial charge in [0, 0.05) is 25.2 Å². The van der Waals surface area contributed by atoms with Crippen LogP contribution in [0.15, 0.2) is 54.9 Å². The number of carbonyl (C=O) groups is 2. The fourth-order valence-corrected chi connectivity index (χ4v) is 3.71. The molecule has 4 rings (SSSR count). The highest BCUT2D eigenvalue weighted by molar-refractivity contribution is 5.97. The van der Waals surface area contributed by atoms with Gasteiger partial charge in [0.25, 0.3) is 11.8 Å². The van der Waals surface area contributed by atoms with Gasteiger partial charge < -0.3 is 20.1 Å². The summed E-state index contributed by atoms with van der Waals surface area (Å²) < 4.78 is 11.4. The first kappa shape index (κ1) is 21.4. The van der Waals surface area contributed by atoms with Crippen LogP contribution in [0.25, 0.3) is 11.4 Å². The number of ether oxygens (including phenoxy) is 2. The van der Waals surface area contributed by atoms with Crippen molar-refractivity contribution >= 4 is 11.8 Å². The molecule has 166 valence electrons. The summed E-state index contributed by atoms with van der Waals surface area (Å²) in [5.74, 6) is 0.536. The Labute approximate surface area is 185 Å². The fourth-order valence-electron chi connectivity index (χ4n) is 3.71. The number of rotatable bonds is 8. The molecule has 9 heteroatoms. The Morgan fingerprint density at radius 1 is 1.16 bits per heavy atom. The van der Waals surface area contributed by atoms with Crippen molar-refractivity contribution in [3.05, 3.63) is 60.4 Å². The average molecular weight is 435 g/mol. The number of aromatic amines is 1. The Morgan fingerprint density at radius 3 is 2.78 bits per heavy atom. The first-order valence-electron chi connectivity index (χ1n) is 10.5. The van der Waals surface area contributed by atoms with E-state index in [4.69, 9.17) is 15.2 Å². The zero-order valence-corrected chi connectivity index (χ0v) is 17.6. The molecular formula is C23H25N5O4. The molecule has 2 amide bonds. The number of aromatic nitrogens is 3. The average Bonchev–Trinajstić information content (AvgIpc) is 3.37. The van der Waals surface area contributed by atoms with E-state index in [0.29, 0.717) is 36.8 Å². The lowest BCUT2D eigenvalue weighted by Gasteiger charge is -2.33. The predicted molar refractivity (Wildman–Crippen MR) is 117 cm³/mol. The van der Waals surface area contributed by atoms with Crippen LogP contribution in [0, 0.1) is 5.92 Å². The number of amides is 2. The molecule has 1 atom stereocenters. The maximum Gasteiger partial charge on any atom is 0.257 e. The van der Waals surface area contributed by atoms with Crippen molar-refractivity contribution < 1.29 is 19.1 Å². The van der Waals surface area contributed by atoms with E-state index < -0.39 is 5.91 Å². The molecule has 32 heavy (non-hydrogen) atoms. The topological polar surface area (TPSA) is 123 Å². The van der Waals surface area contributed by atoms with Gasteiger partial charge in [-0.1, -0.05) is 12.1 Å². The summed E-state index contributed by atoms with van der Waals surface area (Å²) >= 11 is 0. The number of nitrogens with one attached hydrogen (secondary N) is 1. The van der Waals surface area contributed by atoms with Crippen LogP contribution in [0.4, 0.5) is 0 Å². The third-order valence-corrected chi connectivity index (χ3v) is 5.29. The van der Waals surface area contributed by atoms with E-state index in [0.717, 1.165) is 24.2 Å². The van der Waals surface area contributed by atoms with Crippen LogP contribution in [0.5, 0.6) is 11.5 Å². The van der Waals surface area contributed by atoms with Gasteiger partial charge in [-0.3, -0.25) is 19.7 Å². The quantitative estimate of drug-likeness (QED) is 0.559. The van der Waals surface area contributed by atoms with Gasteiger partial charge in [0.2, 0.25) is 0 Å². The molecular weight excluding hydrogens is 410 g/mol. The Bertz CT molecular complexity index is 1050. The molecule has 1 aliphatic rings. The molecule has 1 fully saturated rings. The third kappa shape index (κ3) is 5.23. The van der Waals surface area contributed by atoms with Crippen molar-refractivity contribution in [2.24, 2.45) is 11.7 Å². The Balaban J connectivity index is 1.34. The monoisotopic (exact) mass is 435 g/mol. The molecule has 3 heterocycles. The van der Waals surface area contributed by atoms with E-state index in [1.807, 2.05) is 23.1 Å². The summed E-state index contributed by atoms with van der Waals surface area (Å²) in [4.78, 5) is 30.4. The molecule has 0 spiro atoms. The lowest BCUT2D eigenvalue weighted by Crippen LogP contribution is -2.41.